The van der Waals surface area contributed by atoms with Crippen molar-refractivity contribution in [3.05, 3.63) is 52.4 Å². The van der Waals surface area contributed by atoms with Gasteiger partial charge in [-0.3, -0.25) is 14.4 Å². The quantitative estimate of drug-likeness (QED) is 0.823. The van der Waals surface area contributed by atoms with Crippen LogP contribution < -0.4 is 10.9 Å². The zero-order valence-electron chi connectivity index (χ0n) is 17.4. The Morgan fingerprint density at radius 3 is 2.57 bits per heavy atom. The molecule has 2 amide bonds. The lowest BCUT2D eigenvalue weighted by atomic mass is 9.80. The number of nitrogens with zero attached hydrogens (tertiary/aromatic N) is 2. The molecule has 2 aliphatic heterocycles. The molecule has 1 aromatic carbocycles. The molecule has 2 unspecified atom stereocenters. The zero-order chi connectivity index (χ0) is 21.3. The molecule has 4 rings (SSSR count). The second kappa shape index (κ2) is 8.44. The van der Waals surface area contributed by atoms with Crippen LogP contribution in [-0.2, 0) is 20.9 Å². The van der Waals surface area contributed by atoms with Crippen LogP contribution in [0.15, 0.2) is 41.2 Å². The van der Waals surface area contributed by atoms with E-state index in [9.17, 15) is 14.4 Å². The van der Waals surface area contributed by atoms with E-state index < -0.39 is 0 Å². The number of hydrogen-bond acceptors (Lipinski definition) is 4. The van der Waals surface area contributed by atoms with E-state index >= 15 is 0 Å². The molecular formula is C23H27N3O4. The third-order valence-corrected chi connectivity index (χ3v) is 5.98. The Hall–Kier alpha value is -2.93. The Kier molecular flexibility index (Phi) is 5.72. The van der Waals surface area contributed by atoms with Gasteiger partial charge in [-0.2, -0.15) is 0 Å². The number of rotatable bonds is 5. The fourth-order valence-corrected chi connectivity index (χ4v) is 4.75. The molecule has 0 radical (unpaired) electrons. The van der Waals surface area contributed by atoms with Gasteiger partial charge in [-0.25, -0.2) is 0 Å². The maximum absolute atomic E-state index is 12.6. The highest BCUT2D eigenvalue weighted by Gasteiger charge is 2.37. The van der Waals surface area contributed by atoms with Crippen LogP contribution in [0, 0.1) is 5.92 Å². The molecule has 1 fully saturated rings. The van der Waals surface area contributed by atoms with E-state index in [1.807, 2.05) is 39.8 Å². The number of amides is 2. The lowest BCUT2D eigenvalue weighted by Gasteiger charge is -2.43. The average Bonchev–Trinajstić information content (AvgIpc) is 2.73. The maximum atomic E-state index is 12.6. The predicted molar refractivity (Wildman–Crippen MR) is 114 cm³/mol. The monoisotopic (exact) mass is 409 g/mol. The van der Waals surface area contributed by atoms with Crippen LogP contribution in [0.3, 0.4) is 0 Å². The van der Waals surface area contributed by atoms with Gasteiger partial charge < -0.3 is 19.5 Å². The number of carbonyl (C=O) groups is 2. The summed E-state index contributed by atoms with van der Waals surface area (Å²) in [6.07, 6.45) is 1.36. The minimum absolute atomic E-state index is 0.0116. The second-order valence-corrected chi connectivity index (χ2v) is 8.18. The molecule has 7 heteroatoms. The highest BCUT2D eigenvalue weighted by Crippen LogP contribution is 2.40. The number of likely N-dealkylation sites (tertiary alicyclic amines) is 1. The second-order valence-electron chi connectivity index (χ2n) is 8.18. The van der Waals surface area contributed by atoms with E-state index in [-0.39, 0.29) is 29.2 Å². The molecule has 1 saturated heterocycles. The Bertz CT molecular complexity index is 1010. The zero-order valence-corrected chi connectivity index (χ0v) is 17.4. The first-order valence-corrected chi connectivity index (χ1v) is 10.3. The summed E-state index contributed by atoms with van der Waals surface area (Å²) < 4.78 is 6.96. The van der Waals surface area contributed by atoms with E-state index in [1.54, 1.807) is 13.2 Å². The average molecular weight is 409 g/mol. The lowest BCUT2D eigenvalue weighted by Crippen LogP contribution is -2.49. The molecule has 2 bridgehead atoms. The Labute approximate surface area is 175 Å². The van der Waals surface area contributed by atoms with Crippen LogP contribution in [0.25, 0.3) is 11.1 Å². The number of carbonyl (C=O) groups excluding carboxylic acids is 2. The van der Waals surface area contributed by atoms with Crippen LogP contribution in [0.2, 0.25) is 0 Å². The van der Waals surface area contributed by atoms with E-state index in [0.29, 0.717) is 32.7 Å². The summed E-state index contributed by atoms with van der Waals surface area (Å²) in [7, 11) is 1.60. The SMILES string of the molecule is COCCC(=O)N1CC2CC(C1)c1c(-c3ccc(NC(C)=O)cc3)ccc(=O)n1C2. The van der Waals surface area contributed by atoms with Gasteiger partial charge in [0.2, 0.25) is 11.8 Å². The van der Waals surface area contributed by atoms with E-state index in [4.69, 9.17) is 4.74 Å². The number of anilines is 1. The van der Waals surface area contributed by atoms with Crippen molar-refractivity contribution in [3.63, 3.8) is 0 Å². The van der Waals surface area contributed by atoms with Gasteiger partial charge in [0.05, 0.1) is 13.0 Å². The normalized spacial score (nSPS) is 19.9. The summed E-state index contributed by atoms with van der Waals surface area (Å²) in [5.41, 5.74) is 3.77. The van der Waals surface area contributed by atoms with E-state index in [2.05, 4.69) is 5.32 Å². The third kappa shape index (κ3) is 4.03. The number of fused-ring (bicyclic) bond motifs is 4. The molecule has 0 saturated carbocycles. The fourth-order valence-electron chi connectivity index (χ4n) is 4.75. The van der Waals surface area contributed by atoms with E-state index in [0.717, 1.165) is 28.9 Å². The molecule has 158 valence electrons. The van der Waals surface area contributed by atoms with Crippen molar-refractivity contribution < 1.29 is 14.3 Å². The van der Waals surface area contributed by atoms with Crippen molar-refractivity contribution in [3.8, 4) is 11.1 Å². The van der Waals surface area contributed by atoms with Crippen LogP contribution in [-0.4, -0.2) is 48.1 Å². The number of hydrogen-bond donors (Lipinski definition) is 1. The van der Waals surface area contributed by atoms with Crippen molar-refractivity contribution in [2.45, 2.75) is 32.2 Å². The van der Waals surface area contributed by atoms with Crippen molar-refractivity contribution in [2.75, 3.05) is 32.1 Å². The van der Waals surface area contributed by atoms with Gasteiger partial charge in [-0.15, -0.1) is 0 Å². The van der Waals surface area contributed by atoms with E-state index in [1.165, 1.54) is 6.92 Å². The molecule has 7 nitrogen and oxygen atoms in total. The van der Waals surface area contributed by atoms with Gasteiger partial charge in [-0.1, -0.05) is 12.1 Å². The first-order valence-electron chi connectivity index (χ1n) is 10.3. The fraction of sp³-hybridized carbons (Fsp3) is 0.435. The molecule has 1 aromatic heterocycles. The largest absolute Gasteiger partial charge is 0.384 e. The minimum atomic E-state index is -0.113. The summed E-state index contributed by atoms with van der Waals surface area (Å²) >= 11 is 0. The number of methoxy groups -OCH3 is 1. The summed E-state index contributed by atoms with van der Waals surface area (Å²) in [6, 6.07) is 11.2. The molecule has 0 spiro atoms. The highest BCUT2D eigenvalue weighted by molar-refractivity contribution is 5.89. The highest BCUT2D eigenvalue weighted by atomic mass is 16.5. The molecule has 2 aromatic rings. The number of ether oxygens (including phenoxy) is 1. The standard InChI is InChI=1S/C23H27N3O4/c1-15(27)24-19-5-3-17(4-6-19)20-7-8-22(29)26-13-16-11-18(23(20)26)14-25(12-16)21(28)9-10-30-2/h3-8,16,18H,9-14H2,1-2H3,(H,24,27). The van der Waals surface area contributed by atoms with Crippen molar-refractivity contribution in [2.24, 2.45) is 5.92 Å². The first kappa shape index (κ1) is 20.3. The molecular weight excluding hydrogens is 382 g/mol. The Balaban J connectivity index is 1.67. The Morgan fingerprint density at radius 2 is 1.87 bits per heavy atom. The summed E-state index contributed by atoms with van der Waals surface area (Å²) in [4.78, 5) is 38.4. The van der Waals surface area contributed by atoms with Crippen LogP contribution in [0.4, 0.5) is 5.69 Å². The molecule has 30 heavy (non-hydrogen) atoms. The third-order valence-electron chi connectivity index (χ3n) is 5.98. The Morgan fingerprint density at radius 1 is 1.10 bits per heavy atom. The number of aromatic nitrogens is 1. The number of benzene rings is 1. The first-order chi connectivity index (χ1) is 14.5. The summed E-state index contributed by atoms with van der Waals surface area (Å²) in [5, 5.41) is 2.78. The molecule has 2 atom stereocenters. The molecule has 0 aliphatic carbocycles. The number of piperidine rings is 1. The minimum Gasteiger partial charge on any atom is -0.384 e. The van der Waals surface area contributed by atoms with Crippen LogP contribution in [0.1, 0.15) is 31.4 Å². The van der Waals surface area contributed by atoms with Gasteiger partial charge in [0, 0.05) is 62.6 Å². The number of nitrogens with one attached hydrogen (secondary N) is 1. The van der Waals surface area contributed by atoms with Crippen molar-refractivity contribution in [1.29, 1.82) is 0 Å². The molecule has 2 aliphatic rings. The van der Waals surface area contributed by atoms with Crippen molar-refractivity contribution in [1.82, 2.24) is 9.47 Å². The van der Waals surface area contributed by atoms with Gasteiger partial charge in [0.1, 0.15) is 0 Å². The van der Waals surface area contributed by atoms with Crippen LogP contribution >= 0.6 is 0 Å². The summed E-state index contributed by atoms with van der Waals surface area (Å²) in [5.74, 6) is 0.415. The summed E-state index contributed by atoms with van der Waals surface area (Å²) in [6.45, 7) is 3.86. The smallest absolute Gasteiger partial charge is 0.250 e. The van der Waals surface area contributed by atoms with Gasteiger partial charge in [0.25, 0.3) is 5.56 Å². The predicted octanol–water partition coefficient (Wildman–Crippen LogP) is 2.46. The van der Waals surface area contributed by atoms with Crippen molar-refractivity contribution >= 4 is 17.5 Å². The molecule has 3 heterocycles. The van der Waals surface area contributed by atoms with Gasteiger partial charge in [-0.05, 0) is 36.1 Å². The van der Waals surface area contributed by atoms with Crippen LogP contribution in [0.5, 0.6) is 0 Å². The number of pyridine rings is 1. The topological polar surface area (TPSA) is 80.6 Å². The van der Waals surface area contributed by atoms with Gasteiger partial charge in [0.15, 0.2) is 0 Å². The lowest BCUT2D eigenvalue weighted by molar-refractivity contribution is -0.134. The maximum Gasteiger partial charge on any atom is 0.250 e. The molecule has 1 N–H and O–H groups in total. The van der Waals surface area contributed by atoms with Gasteiger partial charge >= 0.3 is 0 Å².